The number of para-hydroxylation sites is 1. The molecule has 0 atom stereocenters. The van der Waals surface area contributed by atoms with Gasteiger partial charge in [0.1, 0.15) is 10.2 Å². The zero-order chi connectivity index (χ0) is 19.3. The SMILES string of the molecule is O=C(c1ccccc1CSC1=NCCS1)N1CCN(c2ccccc2F)CC1. The average molecular weight is 416 g/mol. The van der Waals surface area contributed by atoms with Crippen molar-refractivity contribution < 1.29 is 9.18 Å². The summed E-state index contributed by atoms with van der Waals surface area (Å²) in [6, 6.07) is 14.6. The van der Waals surface area contributed by atoms with Crippen molar-refractivity contribution >= 4 is 39.5 Å². The van der Waals surface area contributed by atoms with Crippen LogP contribution in [0.15, 0.2) is 53.5 Å². The van der Waals surface area contributed by atoms with Crippen LogP contribution in [-0.2, 0) is 5.75 Å². The van der Waals surface area contributed by atoms with Gasteiger partial charge in [0.2, 0.25) is 0 Å². The second-order valence-corrected chi connectivity index (χ2v) is 8.98. The second kappa shape index (κ2) is 9.01. The largest absolute Gasteiger partial charge is 0.366 e. The number of anilines is 1. The first-order valence-electron chi connectivity index (χ1n) is 9.39. The number of piperazine rings is 1. The third-order valence-electron chi connectivity index (χ3n) is 4.92. The molecule has 1 saturated heterocycles. The smallest absolute Gasteiger partial charge is 0.254 e. The van der Waals surface area contributed by atoms with Crippen LogP contribution in [0.2, 0.25) is 0 Å². The molecule has 2 aromatic carbocycles. The molecule has 0 saturated carbocycles. The molecule has 146 valence electrons. The fraction of sp³-hybridized carbons (Fsp3) is 0.333. The molecular formula is C21H22FN3OS2. The highest BCUT2D eigenvalue weighted by molar-refractivity contribution is 8.38. The van der Waals surface area contributed by atoms with E-state index in [0.717, 1.165) is 33.6 Å². The lowest BCUT2D eigenvalue weighted by Crippen LogP contribution is -2.49. The van der Waals surface area contributed by atoms with Crippen molar-refractivity contribution in [3.8, 4) is 0 Å². The van der Waals surface area contributed by atoms with E-state index < -0.39 is 0 Å². The van der Waals surface area contributed by atoms with Gasteiger partial charge in [-0.25, -0.2) is 4.39 Å². The lowest BCUT2D eigenvalue weighted by Gasteiger charge is -2.36. The Morgan fingerprint density at radius 1 is 1.07 bits per heavy atom. The Hall–Kier alpha value is -1.99. The zero-order valence-corrected chi connectivity index (χ0v) is 17.1. The van der Waals surface area contributed by atoms with Crippen molar-refractivity contribution in [1.29, 1.82) is 0 Å². The number of hydrogen-bond donors (Lipinski definition) is 0. The summed E-state index contributed by atoms with van der Waals surface area (Å²) in [5.74, 6) is 1.65. The number of thioether (sulfide) groups is 2. The molecule has 1 amide bonds. The Kier molecular flexibility index (Phi) is 6.22. The van der Waals surface area contributed by atoms with E-state index in [1.165, 1.54) is 6.07 Å². The van der Waals surface area contributed by atoms with Gasteiger partial charge in [-0.3, -0.25) is 9.79 Å². The number of nitrogens with zero attached hydrogens (tertiary/aromatic N) is 3. The van der Waals surface area contributed by atoms with Crippen LogP contribution < -0.4 is 4.90 Å². The highest BCUT2D eigenvalue weighted by Crippen LogP contribution is 2.27. The molecule has 0 bridgehead atoms. The number of carbonyl (C=O) groups is 1. The van der Waals surface area contributed by atoms with E-state index in [1.54, 1.807) is 35.7 Å². The number of aliphatic imine (C=N–C) groups is 1. The molecule has 1 fully saturated rings. The summed E-state index contributed by atoms with van der Waals surface area (Å²) in [6.45, 7) is 3.35. The molecule has 2 aromatic rings. The monoisotopic (exact) mass is 415 g/mol. The van der Waals surface area contributed by atoms with Crippen molar-refractivity contribution in [2.45, 2.75) is 5.75 Å². The van der Waals surface area contributed by atoms with Crippen LogP contribution in [0, 0.1) is 5.82 Å². The number of benzene rings is 2. The minimum absolute atomic E-state index is 0.0606. The van der Waals surface area contributed by atoms with Crippen LogP contribution >= 0.6 is 23.5 Å². The highest BCUT2D eigenvalue weighted by atomic mass is 32.2. The van der Waals surface area contributed by atoms with E-state index in [1.807, 2.05) is 40.1 Å². The highest BCUT2D eigenvalue weighted by Gasteiger charge is 2.25. The molecule has 0 N–H and O–H groups in total. The van der Waals surface area contributed by atoms with Crippen molar-refractivity contribution in [3.05, 3.63) is 65.5 Å². The van der Waals surface area contributed by atoms with Crippen molar-refractivity contribution in [2.24, 2.45) is 4.99 Å². The van der Waals surface area contributed by atoms with Gasteiger partial charge in [-0.2, -0.15) is 0 Å². The van der Waals surface area contributed by atoms with Gasteiger partial charge in [0.25, 0.3) is 5.91 Å². The van der Waals surface area contributed by atoms with E-state index in [-0.39, 0.29) is 11.7 Å². The molecule has 28 heavy (non-hydrogen) atoms. The van der Waals surface area contributed by atoms with Gasteiger partial charge in [0, 0.05) is 43.2 Å². The predicted octanol–water partition coefficient (Wildman–Crippen LogP) is 4.12. The molecule has 0 unspecified atom stereocenters. The maximum atomic E-state index is 14.0. The fourth-order valence-corrected chi connectivity index (χ4v) is 5.44. The molecule has 0 aliphatic carbocycles. The zero-order valence-electron chi connectivity index (χ0n) is 15.5. The Balaban J connectivity index is 1.41. The quantitative estimate of drug-likeness (QED) is 0.753. The third-order valence-corrected chi connectivity index (χ3v) is 7.22. The van der Waals surface area contributed by atoms with E-state index in [4.69, 9.17) is 0 Å². The fourth-order valence-electron chi connectivity index (χ4n) is 3.43. The first kappa shape index (κ1) is 19.3. The van der Waals surface area contributed by atoms with Gasteiger partial charge in [-0.15, -0.1) is 0 Å². The van der Waals surface area contributed by atoms with Crippen LogP contribution in [0.5, 0.6) is 0 Å². The summed E-state index contributed by atoms with van der Waals surface area (Å²) in [7, 11) is 0. The number of halogens is 1. The third kappa shape index (κ3) is 4.36. The van der Waals surface area contributed by atoms with Crippen molar-refractivity contribution in [1.82, 2.24) is 4.90 Å². The van der Waals surface area contributed by atoms with Gasteiger partial charge < -0.3 is 9.80 Å². The summed E-state index contributed by atoms with van der Waals surface area (Å²) < 4.78 is 15.1. The summed E-state index contributed by atoms with van der Waals surface area (Å²) in [6.07, 6.45) is 0. The van der Waals surface area contributed by atoms with E-state index in [0.29, 0.717) is 31.9 Å². The summed E-state index contributed by atoms with van der Waals surface area (Å²) in [5, 5.41) is 0. The first-order valence-corrected chi connectivity index (χ1v) is 11.4. The maximum absolute atomic E-state index is 14.0. The molecule has 4 rings (SSSR count). The molecule has 0 aromatic heterocycles. The normalized spacial score (nSPS) is 17.0. The Bertz CT molecular complexity index is 881. The van der Waals surface area contributed by atoms with Crippen LogP contribution in [0.3, 0.4) is 0 Å². The molecule has 4 nitrogen and oxygen atoms in total. The van der Waals surface area contributed by atoms with Gasteiger partial charge >= 0.3 is 0 Å². The number of amides is 1. The lowest BCUT2D eigenvalue weighted by molar-refractivity contribution is 0.0746. The van der Waals surface area contributed by atoms with Gasteiger partial charge in [0.15, 0.2) is 0 Å². The Morgan fingerprint density at radius 3 is 2.57 bits per heavy atom. The molecule has 2 aliphatic heterocycles. The minimum Gasteiger partial charge on any atom is -0.366 e. The molecule has 0 spiro atoms. The first-order chi connectivity index (χ1) is 13.7. The molecule has 2 aliphatic rings. The lowest BCUT2D eigenvalue weighted by atomic mass is 10.1. The molecular weight excluding hydrogens is 393 g/mol. The molecule has 7 heteroatoms. The van der Waals surface area contributed by atoms with E-state index >= 15 is 0 Å². The van der Waals surface area contributed by atoms with E-state index in [9.17, 15) is 9.18 Å². The summed E-state index contributed by atoms with van der Waals surface area (Å²) >= 11 is 3.49. The van der Waals surface area contributed by atoms with Crippen LogP contribution in [-0.4, -0.2) is 53.7 Å². The molecule has 2 heterocycles. The van der Waals surface area contributed by atoms with Gasteiger partial charge in [0.05, 0.1) is 12.2 Å². The predicted molar refractivity (Wildman–Crippen MR) is 117 cm³/mol. The Labute approximate surface area is 173 Å². The summed E-state index contributed by atoms with van der Waals surface area (Å²) in [5.41, 5.74) is 2.42. The average Bonchev–Trinajstić information content (AvgIpc) is 3.26. The Morgan fingerprint density at radius 2 is 1.82 bits per heavy atom. The summed E-state index contributed by atoms with van der Waals surface area (Å²) in [4.78, 5) is 21.5. The van der Waals surface area contributed by atoms with Crippen molar-refractivity contribution in [2.75, 3.05) is 43.4 Å². The molecule has 0 radical (unpaired) electrons. The van der Waals surface area contributed by atoms with Crippen molar-refractivity contribution in [3.63, 3.8) is 0 Å². The number of hydrogen-bond acceptors (Lipinski definition) is 5. The standard InChI is InChI=1S/C21H22FN3OS2/c22-18-7-3-4-8-19(18)24-10-12-25(13-11-24)20(26)17-6-2-1-5-16(17)15-28-21-23-9-14-27-21/h1-8H,9-15H2. The number of rotatable bonds is 4. The topological polar surface area (TPSA) is 35.9 Å². The maximum Gasteiger partial charge on any atom is 0.254 e. The van der Waals surface area contributed by atoms with Gasteiger partial charge in [-0.1, -0.05) is 53.9 Å². The minimum atomic E-state index is -0.211. The van der Waals surface area contributed by atoms with Gasteiger partial charge in [-0.05, 0) is 23.8 Å². The van der Waals surface area contributed by atoms with E-state index in [2.05, 4.69) is 4.99 Å². The van der Waals surface area contributed by atoms with Crippen LogP contribution in [0.4, 0.5) is 10.1 Å². The second-order valence-electron chi connectivity index (χ2n) is 6.67. The van der Waals surface area contributed by atoms with Crippen LogP contribution in [0.25, 0.3) is 0 Å². The van der Waals surface area contributed by atoms with Crippen LogP contribution in [0.1, 0.15) is 15.9 Å². The number of carbonyl (C=O) groups excluding carboxylic acids is 1.